The van der Waals surface area contributed by atoms with Crippen LogP contribution in [0.15, 0.2) is 28.7 Å². The summed E-state index contributed by atoms with van der Waals surface area (Å²) in [5.74, 6) is 0. The number of hydrogen-bond donors (Lipinski definition) is 1. The molecule has 5 heteroatoms. The fourth-order valence-electron chi connectivity index (χ4n) is 1.82. The van der Waals surface area contributed by atoms with E-state index in [0.29, 0.717) is 19.1 Å². The first-order valence-electron chi connectivity index (χ1n) is 6.32. The van der Waals surface area contributed by atoms with E-state index in [1.54, 1.807) is 10.9 Å². The summed E-state index contributed by atoms with van der Waals surface area (Å²) in [7, 11) is 0. The Labute approximate surface area is 116 Å². The van der Waals surface area contributed by atoms with Crippen molar-refractivity contribution in [1.29, 1.82) is 0 Å². The van der Waals surface area contributed by atoms with Crippen molar-refractivity contribution in [3.8, 4) is 0 Å². The molecule has 1 N–H and O–H groups in total. The normalized spacial score (nSPS) is 11.4. The van der Waals surface area contributed by atoms with Gasteiger partial charge in [0.25, 0.3) is 5.56 Å². The summed E-state index contributed by atoms with van der Waals surface area (Å²) in [6.45, 7) is 11.4. The largest absolute Gasteiger partial charge is 0.311 e. The molecule has 4 nitrogen and oxygen atoms in total. The molecule has 2 aromatic rings. The van der Waals surface area contributed by atoms with Gasteiger partial charge in [-0.2, -0.15) is 0 Å². The highest BCUT2D eigenvalue weighted by Gasteiger charge is 2.09. The van der Waals surface area contributed by atoms with E-state index in [0.717, 1.165) is 21.4 Å². The van der Waals surface area contributed by atoms with Gasteiger partial charge in [0.15, 0.2) is 0 Å². The third kappa shape index (κ3) is 3.11. The van der Waals surface area contributed by atoms with Crippen LogP contribution in [0.5, 0.6) is 0 Å². The van der Waals surface area contributed by atoms with Crippen LogP contribution in [0.3, 0.4) is 0 Å². The van der Waals surface area contributed by atoms with Crippen molar-refractivity contribution in [2.24, 2.45) is 0 Å². The highest BCUT2D eigenvalue weighted by molar-refractivity contribution is 7.17. The molecule has 2 rings (SSSR count). The number of aromatic nitrogens is 2. The number of nitrogens with zero attached hydrogens (tertiary/aromatic N) is 2. The molecule has 0 saturated carbocycles. The van der Waals surface area contributed by atoms with Crippen molar-refractivity contribution in [2.75, 3.05) is 6.54 Å². The molecule has 2 aromatic heterocycles. The summed E-state index contributed by atoms with van der Waals surface area (Å²) in [4.78, 5) is 16.6. The van der Waals surface area contributed by atoms with Gasteiger partial charge in [0.2, 0.25) is 0 Å². The Bertz CT molecular complexity index is 654. The molecular weight excluding hydrogens is 258 g/mol. The molecule has 102 valence electrons. The number of thiophene rings is 1. The van der Waals surface area contributed by atoms with Gasteiger partial charge in [-0.15, -0.1) is 11.3 Å². The average Bonchev–Trinajstić information content (AvgIpc) is 2.73. The Morgan fingerprint density at radius 2 is 2.32 bits per heavy atom. The van der Waals surface area contributed by atoms with E-state index >= 15 is 0 Å². The van der Waals surface area contributed by atoms with Crippen molar-refractivity contribution < 1.29 is 0 Å². The first-order chi connectivity index (χ1) is 8.99. The molecule has 0 saturated heterocycles. The predicted molar refractivity (Wildman–Crippen MR) is 80.9 cm³/mol. The average molecular weight is 277 g/mol. The minimum absolute atomic E-state index is 0.0220. The van der Waals surface area contributed by atoms with Crippen molar-refractivity contribution in [3.05, 3.63) is 39.8 Å². The molecule has 0 aliphatic rings. The second kappa shape index (κ2) is 5.67. The maximum absolute atomic E-state index is 12.3. The molecule has 0 aliphatic heterocycles. The van der Waals surface area contributed by atoms with Crippen LogP contribution in [0.25, 0.3) is 10.2 Å². The summed E-state index contributed by atoms with van der Waals surface area (Å²) >= 11 is 1.46. The Kier molecular flexibility index (Phi) is 4.17. The minimum Gasteiger partial charge on any atom is -0.311 e. The van der Waals surface area contributed by atoms with Crippen LogP contribution in [-0.4, -0.2) is 22.1 Å². The first kappa shape index (κ1) is 14.0. The predicted octanol–water partition coefficient (Wildman–Crippen LogP) is 2.32. The zero-order valence-electron chi connectivity index (χ0n) is 11.6. The Morgan fingerprint density at radius 1 is 1.58 bits per heavy atom. The quantitative estimate of drug-likeness (QED) is 0.853. The summed E-state index contributed by atoms with van der Waals surface area (Å²) in [6.07, 6.45) is 1.62. The molecule has 0 aliphatic carbocycles. The molecule has 19 heavy (non-hydrogen) atoms. The maximum Gasteiger partial charge on any atom is 0.271 e. The zero-order chi connectivity index (χ0) is 14.0. The van der Waals surface area contributed by atoms with Crippen molar-refractivity contribution >= 4 is 21.6 Å². The highest BCUT2D eigenvalue weighted by atomic mass is 32.1. The number of hydrogen-bond acceptors (Lipinski definition) is 4. The smallest absolute Gasteiger partial charge is 0.271 e. The summed E-state index contributed by atoms with van der Waals surface area (Å²) in [6, 6.07) is 0.411. The van der Waals surface area contributed by atoms with Gasteiger partial charge in [0.1, 0.15) is 4.70 Å². The molecule has 0 bridgehead atoms. The third-order valence-electron chi connectivity index (χ3n) is 2.88. The second-order valence-electron chi connectivity index (χ2n) is 5.06. The minimum atomic E-state index is 0.0220. The summed E-state index contributed by atoms with van der Waals surface area (Å²) in [5.41, 5.74) is 2.88. The zero-order valence-corrected chi connectivity index (χ0v) is 12.4. The van der Waals surface area contributed by atoms with Crippen molar-refractivity contribution in [2.45, 2.75) is 33.4 Å². The summed E-state index contributed by atoms with van der Waals surface area (Å²) in [5, 5.41) is 5.26. The summed E-state index contributed by atoms with van der Waals surface area (Å²) < 4.78 is 2.35. The van der Waals surface area contributed by atoms with Gasteiger partial charge in [-0.25, -0.2) is 4.98 Å². The van der Waals surface area contributed by atoms with E-state index in [-0.39, 0.29) is 5.56 Å². The van der Waals surface area contributed by atoms with Gasteiger partial charge in [-0.1, -0.05) is 20.4 Å². The van der Waals surface area contributed by atoms with E-state index in [9.17, 15) is 4.79 Å². The molecule has 0 spiro atoms. The van der Waals surface area contributed by atoms with Crippen molar-refractivity contribution in [1.82, 2.24) is 14.9 Å². The van der Waals surface area contributed by atoms with E-state index < -0.39 is 0 Å². The van der Waals surface area contributed by atoms with Crippen molar-refractivity contribution in [3.63, 3.8) is 0 Å². The van der Waals surface area contributed by atoms with E-state index in [1.165, 1.54) is 11.3 Å². The monoisotopic (exact) mass is 277 g/mol. The lowest BCUT2D eigenvalue weighted by molar-refractivity contribution is 0.599. The Hall–Kier alpha value is -1.46. The lowest BCUT2D eigenvalue weighted by atomic mass is 10.2. The number of rotatable bonds is 5. The second-order valence-corrected chi connectivity index (χ2v) is 5.94. The van der Waals surface area contributed by atoms with Gasteiger partial charge in [0.05, 0.1) is 11.8 Å². The molecule has 0 aromatic carbocycles. The van der Waals surface area contributed by atoms with Crippen LogP contribution in [0.2, 0.25) is 0 Å². The molecule has 0 unspecified atom stereocenters. The Morgan fingerprint density at radius 3 is 3.00 bits per heavy atom. The standard InChI is InChI=1S/C14H19N3OS/c1-9(2)15-5-10(3)6-17-8-16-12-11(4)7-19-13(12)14(17)18/h7-9,15H,3,5-6H2,1-2,4H3. The van der Waals surface area contributed by atoms with Gasteiger partial charge in [-0.3, -0.25) is 9.36 Å². The van der Waals surface area contributed by atoms with Gasteiger partial charge in [-0.05, 0) is 23.4 Å². The fourth-order valence-corrected chi connectivity index (χ4v) is 2.77. The lowest BCUT2D eigenvalue weighted by Crippen LogP contribution is -2.28. The van der Waals surface area contributed by atoms with Crippen LogP contribution >= 0.6 is 11.3 Å². The third-order valence-corrected chi connectivity index (χ3v) is 3.95. The van der Waals surface area contributed by atoms with Crippen LogP contribution in [0.4, 0.5) is 0 Å². The maximum atomic E-state index is 12.3. The van der Waals surface area contributed by atoms with Gasteiger partial charge >= 0.3 is 0 Å². The molecule has 0 radical (unpaired) electrons. The Balaban J connectivity index is 2.20. The molecule has 0 fully saturated rings. The van der Waals surface area contributed by atoms with Gasteiger partial charge in [0, 0.05) is 19.1 Å². The number of aryl methyl sites for hydroxylation is 1. The van der Waals surface area contributed by atoms with E-state index in [4.69, 9.17) is 0 Å². The van der Waals surface area contributed by atoms with Crippen LogP contribution < -0.4 is 10.9 Å². The number of fused-ring (bicyclic) bond motifs is 1. The van der Waals surface area contributed by atoms with Crippen LogP contribution in [0.1, 0.15) is 19.4 Å². The van der Waals surface area contributed by atoms with E-state index in [2.05, 4.69) is 30.7 Å². The lowest BCUT2D eigenvalue weighted by Gasteiger charge is -2.11. The van der Waals surface area contributed by atoms with Gasteiger partial charge < -0.3 is 5.32 Å². The molecule has 0 atom stereocenters. The number of nitrogens with one attached hydrogen (secondary N) is 1. The first-order valence-corrected chi connectivity index (χ1v) is 7.20. The molecular formula is C14H19N3OS. The molecule has 2 heterocycles. The van der Waals surface area contributed by atoms with Crippen LogP contribution in [0, 0.1) is 6.92 Å². The molecule has 0 amide bonds. The fraction of sp³-hybridized carbons (Fsp3) is 0.429. The van der Waals surface area contributed by atoms with E-state index in [1.807, 2.05) is 12.3 Å². The highest BCUT2D eigenvalue weighted by Crippen LogP contribution is 2.19. The topological polar surface area (TPSA) is 46.9 Å². The van der Waals surface area contributed by atoms with Crippen LogP contribution in [-0.2, 0) is 6.54 Å². The SMILES string of the molecule is C=C(CNC(C)C)Cn1cnc2c(C)csc2c1=O.